The zero-order valence-electron chi connectivity index (χ0n) is 43.4. The van der Waals surface area contributed by atoms with E-state index < -0.39 is 26.5 Å². The Morgan fingerprint density at radius 1 is 0.470 bits per heavy atom. The third-order valence-corrected chi connectivity index (χ3v) is 13.6. The van der Waals surface area contributed by atoms with Gasteiger partial charge in [0.1, 0.15) is 12.7 Å². The van der Waals surface area contributed by atoms with Crippen molar-refractivity contribution < 1.29 is 37.9 Å². The number of ether oxygens (including phenoxy) is 1. The molecule has 2 unspecified atom stereocenters. The van der Waals surface area contributed by atoms with Crippen molar-refractivity contribution in [3.63, 3.8) is 0 Å². The number of phosphoric acid groups is 1. The van der Waals surface area contributed by atoms with Crippen molar-refractivity contribution in [2.45, 2.75) is 296 Å². The lowest BCUT2D eigenvalue weighted by atomic mass is 10.0. The Morgan fingerprint density at radius 2 is 0.818 bits per heavy atom. The summed E-state index contributed by atoms with van der Waals surface area (Å²) in [6.45, 7) is 3.60. The minimum atomic E-state index is -4.42. The zero-order valence-corrected chi connectivity index (χ0v) is 44.3. The summed E-state index contributed by atoms with van der Waals surface area (Å²) in [5.74, 6) is -0.502. The van der Waals surface area contributed by atoms with Crippen molar-refractivity contribution in [2.24, 2.45) is 0 Å². The minimum absolute atomic E-state index is 0.0845. The van der Waals surface area contributed by atoms with E-state index in [0.29, 0.717) is 6.42 Å². The first-order valence-corrected chi connectivity index (χ1v) is 29.8. The molecule has 9 nitrogen and oxygen atoms in total. The normalized spacial score (nSPS) is 13.2. The van der Waals surface area contributed by atoms with E-state index in [2.05, 4.69) is 43.5 Å². The molecule has 0 fully saturated rings. The average Bonchev–Trinajstić information content (AvgIpc) is 3.31. The number of carbonyl (C=O) groups excluding carboxylic acids is 2. The molecule has 0 aromatic carbocycles. The number of hydrogen-bond acceptors (Lipinski definition) is 7. The van der Waals surface area contributed by atoms with E-state index in [1.165, 1.54) is 218 Å². The van der Waals surface area contributed by atoms with E-state index in [-0.39, 0.29) is 32.1 Å². The number of hydrogen-bond donors (Lipinski definition) is 3. The van der Waals surface area contributed by atoms with Crippen molar-refractivity contribution >= 4 is 19.7 Å². The number of esters is 1. The lowest BCUT2D eigenvalue weighted by Gasteiger charge is -2.15. The molecule has 0 spiro atoms. The van der Waals surface area contributed by atoms with Gasteiger partial charge in [-0.25, -0.2) is 4.57 Å². The number of aliphatic hydroxyl groups is 1. The highest BCUT2D eigenvalue weighted by atomic mass is 31.2. The maximum atomic E-state index is 12.2. The molecule has 0 bridgehead atoms. The Labute approximate surface area is 408 Å². The number of rotatable bonds is 54. The standard InChI is InChI=1S/C56H108NO8P/c1-3-5-7-9-11-13-15-17-19-21-23-25-27-28-30-32-34-36-38-40-42-44-46-48-55(59)57-50-51-64-66(61,62)65-53-54(58)52-63-56(60)49-47-45-43-41-39-37-35-33-31-29-26-24-22-20-18-16-14-12-10-8-6-4-2/h11,13,17,19,54,58H,3-10,12,14-16,18,20-53H2,1-2H3,(H,57,59)(H,61,62)/b13-11-,19-17-. The third-order valence-electron chi connectivity index (χ3n) is 12.6. The molecule has 0 saturated carbocycles. The van der Waals surface area contributed by atoms with Gasteiger partial charge < -0.3 is 20.1 Å². The van der Waals surface area contributed by atoms with Crippen molar-refractivity contribution in [1.29, 1.82) is 0 Å². The molecule has 390 valence electrons. The molecule has 1 amide bonds. The maximum Gasteiger partial charge on any atom is 0.472 e. The van der Waals surface area contributed by atoms with Crippen LogP contribution in [0.4, 0.5) is 0 Å². The highest BCUT2D eigenvalue weighted by Crippen LogP contribution is 2.42. The SMILES string of the molecule is CCCCC/C=C\C/C=C\CCCCCCCCCCCCCCCC(=O)NCCOP(=O)(O)OCC(O)COC(=O)CCCCCCCCCCCCCCCCCCCCCCCC. The number of unbranched alkanes of at least 4 members (excludes halogenated alkanes) is 37. The van der Waals surface area contributed by atoms with Crippen molar-refractivity contribution in [2.75, 3.05) is 26.4 Å². The number of carbonyl (C=O) groups is 2. The molecule has 2 atom stereocenters. The van der Waals surface area contributed by atoms with Gasteiger partial charge in [0.05, 0.1) is 13.2 Å². The van der Waals surface area contributed by atoms with Crippen LogP contribution in [0.5, 0.6) is 0 Å². The van der Waals surface area contributed by atoms with E-state index in [1.54, 1.807) is 0 Å². The number of allylic oxidation sites excluding steroid dienone is 4. The Hall–Kier alpha value is -1.51. The van der Waals surface area contributed by atoms with Crippen LogP contribution in [0, 0.1) is 0 Å². The lowest BCUT2D eigenvalue weighted by molar-refractivity contribution is -0.147. The molecule has 0 aliphatic heterocycles. The van der Waals surface area contributed by atoms with Crippen LogP contribution in [0.15, 0.2) is 24.3 Å². The highest BCUT2D eigenvalue weighted by Gasteiger charge is 2.23. The van der Waals surface area contributed by atoms with Crippen LogP contribution in [0.3, 0.4) is 0 Å². The van der Waals surface area contributed by atoms with Crippen LogP contribution in [0.1, 0.15) is 290 Å². The molecule has 66 heavy (non-hydrogen) atoms. The topological polar surface area (TPSA) is 131 Å². The van der Waals surface area contributed by atoms with Crippen LogP contribution >= 0.6 is 7.82 Å². The lowest BCUT2D eigenvalue weighted by Crippen LogP contribution is -2.27. The van der Waals surface area contributed by atoms with Gasteiger partial charge in [-0.1, -0.05) is 256 Å². The molecule has 10 heteroatoms. The summed E-state index contributed by atoms with van der Waals surface area (Å²) in [6.07, 6.45) is 61.3. The molecular weight excluding hydrogens is 846 g/mol. The number of amides is 1. The van der Waals surface area contributed by atoms with E-state index in [1.807, 2.05) is 0 Å². The quantitative estimate of drug-likeness (QED) is 0.0238. The molecule has 0 aliphatic carbocycles. The monoisotopic (exact) mass is 954 g/mol. The Balaban J connectivity index is 3.50. The summed E-state index contributed by atoms with van der Waals surface area (Å²) in [4.78, 5) is 34.2. The van der Waals surface area contributed by atoms with Crippen molar-refractivity contribution in [3.8, 4) is 0 Å². The largest absolute Gasteiger partial charge is 0.472 e. The van der Waals surface area contributed by atoms with Crippen LogP contribution in [0.25, 0.3) is 0 Å². The molecule has 3 N–H and O–H groups in total. The fraction of sp³-hybridized carbons (Fsp3) is 0.893. The summed E-state index contributed by atoms with van der Waals surface area (Å²) in [5.41, 5.74) is 0. The van der Waals surface area contributed by atoms with E-state index in [4.69, 9.17) is 13.8 Å². The molecule has 0 aromatic heterocycles. The first-order valence-electron chi connectivity index (χ1n) is 28.3. The van der Waals surface area contributed by atoms with Crippen LogP contribution in [0.2, 0.25) is 0 Å². The van der Waals surface area contributed by atoms with E-state index >= 15 is 0 Å². The fourth-order valence-corrected chi connectivity index (χ4v) is 9.11. The number of phosphoric ester groups is 1. The predicted octanol–water partition coefficient (Wildman–Crippen LogP) is 17.1. The molecule has 0 heterocycles. The Bertz CT molecular complexity index is 1130. The van der Waals surface area contributed by atoms with Gasteiger partial charge in [0.25, 0.3) is 0 Å². The molecule has 0 rings (SSSR count). The second kappa shape index (κ2) is 52.9. The van der Waals surface area contributed by atoms with Gasteiger partial charge in [-0.2, -0.15) is 0 Å². The smallest absolute Gasteiger partial charge is 0.463 e. The second-order valence-corrected chi connectivity index (χ2v) is 20.7. The highest BCUT2D eigenvalue weighted by molar-refractivity contribution is 7.47. The third kappa shape index (κ3) is 53.4. The summed E-state index contributed by atoms with van der Waals surface area (Å²) >= 11 is 0. The van der Waals surface area contributed by atoms with Gasteiger partial charge in [0.15, 0.2) is 0 Å². The van der Waals surface area contributed by atoms with E-state index in [9.17, 15) is 24.2 Å². The molecule has 0 saturated heterocycles. The van der Waals surface area contributed by atoms with Gasteiger partial charge >= 0.3 is 13.8 Å². The van der Waals surface area contributed by atoms with Crippen molar-refractivity contribution in [3.05, 3.63) is 24.3 Å². The van der Waals surface area contributed by atoms with Crippen LogP contribution in [-0.2, 0) is 27.9 Å². The Morgan fingerprint density at radius 3 is 1.24 bits per heavy atom. The first-order chi connectivity index (χ1) is 32.3. The minimum Gasteiger partial charge on any atom is -0.463 e. The van der Waals surface area contributed by atoms with E-state index in [0.717, 1.165) is 44.9 Å². The van der Waals surface area contributed by atoms with Crippen LogP contribution in [-0.4, -0.2) is 54.3 Å². The van der Waals surface area contributed by atoms with Gasteiger partial charge in [-0.05, 0) is 44.9 Å². The number of aliphatic hydroxyl groups excluding tert-OH is 1. The molecular formula is C56H108NO8P. The summed E-state index contributed by atoms with van der Waals surface area (Å²) < 4.78 is 27.1. The predicted molar refractivity (Wildman–Crippen MR) is 280 cm³/mol. The summed E-state index contributed by atoms with van der Waals surface area (Å²) in [7, 11) is -4.42. The summed E-state index contributed by atoms with van der Waals surface area (Å²) in [6, 6.07) is 0. The molecule has 0 radical (unpaired) electrons. The van der Waals surface area contributed by atoms with Gasteiger partial charge in [-0.15, -0.1) is 0 Å². The maximum absolute atomic E-state index is 12.2. The fourth-order valence-electron chi connectivity index (χ4n) is 8.36. The number of nitrogens with one attached hydrogen (secondary N) is 1. The Kier molecular flexibility index (Phi) is 51.6. The van der Waals surface area contributed by atoms with Crippen LogP contribution < -0.4 is 5.32 Å². The molecule has 0 aromatic rings. The average molecular weight is 954 g/mol. The van der Waals surface area contributed by atoms with Gasteiger partial charge in [0, 0.05) is 19.4 Å². The zero-order chi connectivity index (χ0) is 48.1. The van der Waals surface area contributed by atoms with Gasteiger partial charge in [-0.3, -0.25) is 18.6 Å². The van der Waals surface area contributed by atoms with Gasteiger partial charge in [0.2, 0.25) is 5.91 Å². The molecule has 0 aliphatic rings. The summed E-state index contributed by atoms with van der Waals surface area (Å²) in [5, 5.41) is 12.8. The van der Waals surface area contributed by atoms with Crippen molar-refractivity contribution in [1.82, 2.24) is 5.32 Å². The second-order valence-electron chi connectivity index (χ2n) is 19.3. The first kappa shape index (κ1) is 64.5.